The van der Waals surface area contributed by atoms with E-state index in [4.69, 9.17) is 0 Å². The molecule has 2 aromatic carbocycles. The van der Waals surface area contributed by atoms with Gasteiger partial charge < -0.3 is 15.2 Å². The van der Waals surface area contributed by atoms with E-state index in [-0.39, 0.29) is 0 Å². The van der Waals surface area contributed by atoms with Crippen molar-refractivity contribution in [1.82, 2.24) is 4.98 Å². The molecule has 2 N–H and O–H groups in total. The zero-order valence-electron chi connectivity index (χ0n) is 11.9. The second-order valence-corrected chi connectivity index (χ2v) is 5.15. The van der Waals surface area contributed by atoms with Crippen LogP contribution in [0.5, 0.6) is 0 Å². The van der Waals surface area contributed by atoms with Crippen LogP contribution in [0.25, 0.3) is 10.9 Å². The lowest BCUT2D eigenvalue weighted by molar-refractivity contribution is 1.12. The molecule has 0 fully saturated rings. The standard InChI is InChI=1S/C17H19N3/c1-20(2)15-7-4-6-14(11-15)19-12-13-5-3-8-17-16(13)9-10-18-17/h3-11,18-19H,12H2,1-2H3. The van der Waals surface area contributed by atoms with Crippen LogP contribution < -0.4 is 10.2 Å². The number of hydrogen-bond donors (Lipinski definition) is 2. The van der Waals surface area contributed by atoms with Crippen molar-refractivity contribution in [2.45, 2.75) is 6.54 Å². The Kier molecular flexibility index (Phi) is 3.33. The Morgan fingerprint density at radius 2 is 1.90 bits per heavy atom. The van der Waals surface area contributed by atoms with Crippen LogP contribution in [0.4, 0.5) is 11.4 Å². The highest BCUT2D eigenvalue weighted by Gasteiger charge is 2.02. The number of hydrogen-bond acceptors (Lipinski definition) is 2. The summed E-state index contributed by atoms with van der Waals surface area (Å²) in [6, 6.07) is 16.9. The Morgan fingerprint density at radius 3 is 2.75 bits per heavy atom. The summed E-state index contributed by atoms with van der Waals surface area (Å²) in [4.78, 5) is 5.36. The zero-order valence-corrected chi connectivity index (χ0v) is 11.9. The van der Waals surface area contributed by atoms with E-state index in [1.165, 1.54) is 22.2 Å². The molecule has 0 radical (unpaired) electrons. The van der Waals surface area contributed by atoms with Gasteiger partial charge in [0.25, 0.3) is 0 Å². The lowest BCUT2D eigenvalue weighted by Crippen LogP contribution is -2.09. The first-order valence-electron chi connectivity index (χ1n) is 6.80. The molecule has 0 atom stereocenters. The molecule has 0 amide bonds. The molecular formula is C17H19N3. The number of rotatable bonds is 4. The molecule has 0 saturated carbocycles. The lowest BCUT2D eigenvalue weighted by atomic mass is 10.1. The van der Waals surface area contributed by atoms with Gasteiger partial charge >= 0.3 is 0 Å². The van der Waals surface area contributed by atoms with Crippen molar-refractivity contribution < 1.29 is 0 Å². The van der Waals surface area contributed by atoms with Gasteiger partial charge in [0.05, 0.1) is 0 Å². The number of aromatic nitrogens is 1. The fourth-order valence-corrected chi connectivity index (χ4v) is 2.40. The first kappa shape index (κ1) is 12.6. The van der Waals surface area contributed by atoms with Crippen molar-refractivity contribution in [2.75, 3.05) is 24.3 Å². The molecule has 0 aliphatic carbocycles. The predicted molar refractivity (Wildman–Crippen MR) is 86.4 cm³/mol. The third-order valence-corrected chi connectivity index (χ3v) is 3.53. The van der Waals surface area contributed by atoms with E-state index in [1.54, 1.807) is 0 Å². The van der Waals surface area contributed by atoms with E-state index in [0.717, 1.165) is 12.2 Å². The number of H-pyrrole nitrogens is 1. The summed E-state index contributed by atoms with van der Waals surface area (Å²) in [5.41, 5.74) is 4.84. The second-order valence-electron chi connectivity index (χ2n) is 5.15. The molecule has 0 spiro atoms. The molecule has 0 saturated heterocycles. The lowest BCUT2D eigenvalue weighted by Gasteiger charge is -2.14. The van der Waals surface area contributed by atoms with Crippen LogP contribution in [-0.2, 0) is 6.54 Å². The third kappa shape index (κ3) is 2.48. The number of anilines is 2. The SMILES string of the molecule is CN(C)c1cccc(NCc2cccc3[nH]ccc23)c1. The van der Waals surface area contributed by atoms with Crippen molar-refractivity contribution in [1.29, 1.82) is 0 Å². The van der Waals surface area contributed by atoms with Crippen molar-refractivity contribution in [3.05, 3.63) is 60.3 Å². The number of fused-ring (bicyclic) bond motifs is 1. The van der Waals surface area contributed by atoms with Crippen molar-refractivity contribution in [2.24, 2.45) is 0 Å². The highest BCUT2D eigenvalue weighted by atomic mass is 15.1. The molecule has 102 valence electrons. The molecule has 3 heteroatoms. The fourth-order valence-electron chi connectivity index (χ4n) is 2.40. The summed E-state index contributed by atoms with van der Waals surface area (Å²) < 4.78 is 0. The first-order valence-corrected chi connectivity index (χ1v) is 6.80. The molecule has 0 unspecified atom stereocenters. The highest BCUT2D eigenvalue weighted by Crippen LogP contribution is 2.21. The quantitative estimate of drug-likeness (QED) is 0.751. The van der Waals surface area contributed by atoms with Gasteiger partial charge in [-0.15, -0.1) is 0 Å². The number of aromatic amines is 1. The molecule has 1 aromatic heterocycles. The molecule has 3 nitrogen and oxygen atoms in total. The van der Waals surface area contributed by atoms with E-state index in [2.05, 4.69) is 77.8 Å². The van der Waals surface area contributed by atoms with Crippen LogP contribution in [0.2, 0.25) is 0 Å². The first-order chi connectivity index (χ1) is 9.74. The second kappa shape index (κ2) is 5.29. The summed E-state index contributed by atoms with van der Waals surface area (Å²) in [5.74, 6) is 0. The van der Waals surface area contributed by atoms with E-state index in [9.17, 15) is 0 Å². The van der Waals surface area contributed by atoms with Gasteiger partial charge in [0.2, 0.25) is 0 Å². The maximum absolute atomic E-state index is 3.50. The van der Waals surface area contributed by atoms with Crippen LogP contribution in [-0.4, -0.2) is 19.1 Å². The third-order valence-electron chi connectivity index (χ3n) is 3.53. The largest absolute Gasteiger partial charge is 0.381 e. The van der Waals surface area contributed by atoms with Gasteiger partial charge in [-0.2, -0.15) is 0 Å². The predicted octanol–water partition coefficient (Wildman–Crippen LogP) is 3.85. The van der Waals surface area contributed by atoms with Gasteiger partial charge in [-0.05, 0) is 35.9 Å². The van der Waals surface area contributed by atoms with E-state index >= 15 is 0 Å². The molecule has 3 rings (SSSR count). The molecule has 3 aromatic rings. The fraction of sp³-hybridized carbons (Fsp3) is 0.176. The van der Waals surface area contributed by atoms with E-state index in [0.29, 0.717) is 0 Å². The molecule has 0 aliphatic rings. The molecular weight excluding hydrogens is 246 g/mol. The van der Waals surface area contributed by atoms with Gasteiger partial charge in [0.1, 0.15) is 0 Å². The zero-order chi connectivity index (χ0) is 13.9. The molecule has 0 bridgehead atoms. The Bertz CT molecular complexity index is 713. The Labute approximate surface area is 119 Å². The average molecular weight is 265 g/mol. The maximum atomic E-state index is 3.50. The summed E-state index contributed by atoms with van der Waals surface area (Å²) >= 11 is 0. The number of benzene rings is 2. The van der Waals surface area contributed by atoms with Gasteiger partial charge in [0.15, 0.2) is 0 Å². The topological polar surface area (TPSA) is 31.1 Å². The highest BCUT2D eigenvalue weighted by molar-refractivity contribution is 5.83. The van der Waals surface area contributed by atoms with Crippen LogP contribution in [0.3, 0.4) is 0 Å². The molecule has 20 heavy (non-hydrogen) atoms. The van der Waals surface area contributed by atoms with Gasteiger partial charge in [0, 0.05) is 49.1 Å². The monoisotopic (exact) mass is 265 g/mol. The van der Waals surface area contributed by atoms with Gasteiger partial charge in [-0.3, -0.25) is 0 Å². The van der Waals surface area contributed by atoms with Crippen LogP contribution in [0.15, 0.2) is 54.7 Å². The number of nitrogens with one attached hydrogen (secondary N) is 2. The summed E-state index contributed by atoms with van der Waals surface area (Å²) in [6.07, 6.45) is 1.99. The maximum Gasteiger partial charge on any atom is 0.0457 e. The van der Waals surface area contributed by atoms with Crippen molar-refractivity contribution >= 4 is 22.3 Å². The Balaban J connectivity index is 1.79. The Hall–Kier alpha value is -2.42. The summed E-state index contributed by atoms with van der Waals surface area (Å²) in [5, 5.41) is 4.78. The Morgan fingerprint density at radius 1 is 1.05 bits per heavy atom. The van der Waals surface area contributed by atoms with Gasteiger partial charge in [-0.25, -0.2) is 0 Å². The minimum atomic E-state index is 0.825. The van der Waals surface area contributed by atoms with Crippen LogP contribution >= 0.6 is 0 Å². The van der Waals surface area contributed by atoms with Crippen LogP contribution in [0, 0.1) is 0 Å². The van der Waals surface area contributed by atoms with Crippen LogP contribution in [0.1, 0.15) is 5.56 Å². The summed E-state index contributed by atoms with van der Waals surface area (Å²) in [7, 11) is 4.11. The van der Waals surface area contributed by atoms with Crippen molar-refractivity contribution in [3.63, 3.8) is 0 Å². The number of nitrogens with zero attached hydrogens (tertiary/aromatic N) is 1. The van der Waals surface area contributed by atoms with Crippen molar-refractivity contribution in [3.8, 4) is 0 Å². The van der Waals surface area contributed by atoms with E-state index < -0.39 is 0 Å². The molecule has 1 heterocycles. The minimum Gasteiger partial charge on any atom is -0.381 e. The smallest absolute Gasteiger partial charge is 0.0457 e. The van der Waals surface area contributed by atoms with E-state index in [1.807, 2.05) is 6.20 Å². The normalized spacial score (nSPS) is 10.7. The summed E-state index contributed by atoms with van der Waals surface area (Å²) in [6.45, 7) is 0.825. The molecule has 0 aliphatic heterocycles. The van der Waals surface area contributed by atoms with Gasteiger partial charge in [-0.1, -0.05) is 18.2 Å². The average Bonchev–Trinajstić information content (AvgIpc) is 2.94. The minimum absolute atomic E-state index is 0.825.